The third-order valence-corrected chi connectivity index (χ3v) is 7.29. The number of carbonyl (C=O) groups excluding carboxylic acids is 1. The minimum Gasteiger partial charge on any atom is -0.494 e. The van der Waals surface area contributed by atoms with E-state index in [1.165, 1.54) is 30.8 Å². The maximum Gasteiger partial charge on any atom is 0.296 e. The van der Waals surface area contributed by atoms with Gasteiger partial charge >= 0.3 is 0 Å². The number of likely N-dealkylation sites (tertiary alicyclic amines) is 1. The zero-order chi connectivity index (χ0) is 25.1. The van der Waals surface area contributed by atoms with Gasteiger partial charge in [0.05, 0.1) is 25.5 Å². The Labute approximate surface area is 218 Å². The third-order valence-electron chi connectivity index (χ3n) is 6.36. The van der Waals surface area contributed by atoms with E-state index in [9.17, 15) is 4.79 Å². The number of rotatable bonds is 7. The van der Waals surface area contributed by atoms with E-state index in [0.717, 1.165) is 51.3 Å². The first-order chi connectivity index (χ1) is 17.5. The second-order valence-corrected chi connectivity index (χ2v) is 10.1. The molecule has 2 aliphatic rings. The van der Waals surface area contributed by atoms with Crippen molar-refractivity contribution < 1.29 is 19.0 Å². The summed E-state index contributed by atoms with van der Waals surface area (Å²) in [7, 11) is 1.54. The highest BCUT2D eigenvalue weighted by Gasteiger charge is 2.30. The Morgan fingerprint density at radius 2 is 2.11 bits per heavy atom. The molecule has 0 unspecified atom stereocenters. The number of ether oxygens (including phenoxy) is 3. The third kappa shape index (κ3) is 5.59. The SMILES string of the molecule is COc1cnc(Cl)cc1-c1cc(C)ncc1C(=O)Nc1nnc(O[C@H]2CCCN([C@H]3CCOC3)C2)s1. The molecule has 3 aromatic heterocycles. The van der Waals surface area contributed by atoms with Crippen LogP contribution in [0, 0.1) is 6.92 Å². The van der Waals surface area contributed by atoms with E-state index in [-0.39, 0.29) is 12.0 Å². The van der Waals surface area contributed by atoms with Gasteiger partial charge in [0.15, 0.2) is 0 Å². The highest BCUT2D eigenvalue weighted by Crippen LogP contribution is 2.34. The van der Waals surface area contributed by atoms with E-state index >= 15 is 0 Å². The summed E-state index contributed by atoms with van der Waals surface area (Å²) in [6.45, 7) is 5.36. The van der Waals surface area contributed by atoms with Gasteiger partial charge in [0.25, 0.3) is 11.1 Å². The van der Waals surface area contributed by atoms with Gasteiger partial charge in [0.2, 0.25) is 5.13 Å². The predicted molar refractivity (Wildman–Crippen MR) is 136 cm³/mol. The van der Waals surface area contributed by atoms with Crippen LogP contribution in [0.1, 0.15) is 35.3 Å². The van der Waals surface area contributed by atoms with Crippen molar-refractivity contribution in [2.75, 3.05) is 38.7 Å². The minimum absolute atomic E-state index is 0.0349. The van der Waals surface area contributed by atoms with E-state index in [1.807, 2.05) is 13.0 Å². The van der Waals surface area contributed by atoms with E-state index in [4.69, 9.17) is 25.8 Å². The normalized spacial score (nSPS) is 20.3. The molecule has 5 rings (SSSR count). The van der Waals surface area contributed by atoms with Crippen molar-refractivity contribution in [1.29, 1.82) is 0 Å². The molecule has 12 heteroatoms. The number of hydrogen-bond donors (Lipinski definition) is 1. The van der Waals surface area contributed by atoms with Crippen molar-refractivity contribution in [1.82, 2.24) is 25.1 Å². The molecule has 5 heterocycles. The summed E-state index contributed by atoms with van der Waals surface area (Å²) in [6, 6.07) is 3.93. The molecule has 1 N–H and O–H groups in total. The summed E-state index contributed by atoms with van der Waals surface area (Å²) < 4.78 is 17.1. The Hall–Kier alpha value is -2.86. The van der Waals surface area contributed by atoms with Crippen LogP contribution in [0.5, 0.6) is 10.9 Å². The number of anilines is 1. The van der Waals surface area contributed by atoms with Crippen LogP contribution in [0.3, 0.4) is 0 Å². The minimum atomic E-state index is -0.375. The molecule has 0 spiro atoms. The first-order valence-electron chi connectivity index (χ1n) is 11.8. The van der Waals surface area contributed by atoms with Gasteiger partial charge in [-0.3, -0.25) is 20.0 Å². The number of carbonyl (C=O) groups is 1. The van der Waals surface area contributed by atoms with Crippen LogP contribution in [0.15, 0.2) is 24.5 Å². The number of piperidine rings is 1. The van der Waals surface area contributed by atoms with Crippen LogP contribution < -0.4 is 14.8 Å². The maximum atomic E-state index is 13.2. The number of amides is 1. The first-order valence-corrected chi connectivity index (χ1v) is 13.0. The zero-order valence-electron chi connectivity index (χ0n) is 20.1. The number of nitrogens with one attached hydrogen (secondary N) is 1. The first kappa shape index (κ1) is 24.8. The number of methoxy groups -OCH3 is 1. The molecule has 1 amide bonds. The molecular formula is C24H27ClN6O4S. The van der Waals surface area contributed by atoms with Crippen LogP contribution in [-0.2, 0) is 4.74 Å². The number of halogens is 1. The lowest BCUT2D eigenvalue weighted by molar-refractivity contribution is 0.0551. The molecule has 10 nitrogen and oxygen atoms in total. The van der Waals surface area contributed by atoms with Gasteiger partial charge in [0.1, 0.15) is 17.0 Å². The number of aromatic nitrogens is 4. The molecule has 2 saturated heterocycles. The summed E-state index contributed by atoms with van der Waals surface area (Å²) >= 11 is 7.33. The highest BCUT2D eigenvalue weighted by atomic mass is 35.5. The average molecular weight is 531 g/mol. The van der Waals surface area contributed by atoms with Crippen molar-refractivity contribution in [3.05, 3.63) is 40.9 Å². The summed E-state index contributed by atoms with van der Waals surface area (Å²) in [5.74, 6) is 0.122. The Balaban J connectivity index is 1.29. The van der Waals surface area contributed by atoms with Crippen molar-refractivity contribution in [3.63, 3.8) is 0 Å². The standard InChI is InChI=1S/C24H27ClN6O4S/c1-14-8-17(18-9-21(25)27-11-20(18)33-2)19(10-26-14)22(32)28-23-29-30-24(36-23)35-16-4-3-6-31(12-16)15-5-7-34-13-15/h8-11,15-16H,3-7,12-13H2,1-2H3,(H,28,29,32)/t15-,16-/m0/s1. The van der Waals surface area contributed by atoms with E-state index in [1.54, 1.807) is 6.07 Å². The lowest BCUT2D eigenvalue weighted by Crippen LogP contribution is -2.46. The molecule has 3 aromatic rings. The molecule has 0 aromatic carbocycles. The monoisotopic (exact) mass is 530 g/mol. The number of aryl methyl sites for hydroxylation is 1. The molecular weight excluding hydrogens is 504 g/mol. The van der Waals surface area contributed by atoms with Crippen LogP contribution in [0.2, 0.25) is 5.15 Å². The Morgan fingerprint density at radius 1 is 1.22 bits per heavy atom. The summed E-state index contributed by atoms with van der Waals surface area (Å²) in [4.78, 5) is 24.0. The van der Waals surface area contributed by atoms with Crippen molar-refractivity contribution in [3.8, 4) is 22.1 Å². The highest BCUT2D eigenvalue weighted by molar-refractivity contribution is 7.17. The van der Waals surface area contributed by atoms with E-state index < -0.39 is 0 Å². The molecule has 0 bridgehead atoms. The fourth-order valence-corrected chi connectivity index (χ4v) is 5.39. The molecule has 0 aliphatic carbocycles. The van der Waals surface area contributed by atoms with Gasteiger partial charge < -0.3 is 14.2 Å². The van der Waals surface area contributed by atoms with Crippen LogP contribution in [0.4, 0.5) is 5.13 Å². The van der Waals surface area contributed by atoms with Crippen LogP contribution >= 0.6 is 22.9 Å². The lowest BCUT2D eigenvalue weighted by Gasteiger charge is -2.35. The Bertz CT molecular complexity index is 1240. The second kappa shape index (κ2) is 11.0. The molecule has 2 aliphatic heterocycles. The average Bonchev–Trinajstić information content (AvgIpc) is 3.57. The Kier molecular flexibility index (Phi) is 7.61. The molecule has 36 heavy (non-hydrogen) atoms. The molecule has 190 valence electrons. The molecule has 2 atom stereocenters. The van der Waals surface area contributed by atoms with Crippen molar-refractivity contribution >= 4 is 34.0 Å². The summed E-state index contributed by atoms with van der Waals surface area (Å²) in [5.41, 5.74) is 2.36. The van der Waals surface area contributed by atoms with E-state index in [2.05, 4.69) is 30.4 Å². The van der Waals surface area contributed by atoms with Gasteiger partial charge in [-0.25, -0.2) is 4.98 Å². The Morgan fingerprint density at radius 3 is 2.92 bits per heavy atom. The van der Waals surface area contributed by atoms with Crippen molar-refractivity contribution in [2.24, 2.45) is 0 Å². The zero-order valence-corrected chi connectivity index (χ0v) is 21.6. The topological polar surface area (TPSA) is 112 Å². The maximum absolute atomic E-state index is 13.2. The smallest absolute Gasteiger partial charge is 0.296 e. The lowest BCUT2D eigenvalue weighted by atomic mass is 10.0. The number of hydrogen-bond acceptors (Lipinski definition) is 10. The number of pyridine rings is 2. The quantitative estimate of drug-likeness (QED) is 0.455. The van der Waals surface area contributed by atoms with Crippen molar-refractivity contribution in [2.45, 2.75) is 38.3 Å². The van der Waals surface area contributed by atoms with Gasteiger partial charge in [-0.05, 0) is 56.2 Å². The van der Waals surface area contributed by atoms with Crippen LogP contribution in [0.25, 0.3) is 11.1 Å². The molecule has 2 fully saturated rings. The van der Waals surface area contributed by atoms with Crippen LogP contribution in [-0.4, -0.2) is 76.5 Å². The van der Waals surface area contributed by atoms with Gasteiger partial charge in [-0.1, -0.05) is 16.7 Å². The fourth-order valence-electron chi connectivity index (χ4n) is 4.57. The van der Waals surface area contributed by atoms with E-state index in [0.29, 0.717) is 44.0 Å². The van der Waals surface area contributed by atoms with Gasteiger partial charge in [0, 0.05) is 42.2 Å². The predicted octanol–water partition coefficient (Wildman–Crippen LogP) is 3.85. The summed E-state index contributed by atoms with van der Waals surface area (Å²) in [5, 5.41) is 12.1. The molecule has 0 saturated carbocycles. The van der Waals surface area contributed by atoms with Gasteiger partial charge in [-0.2, -0.15) is 0 Å². The fraction of sp³-hybridized carbons (Fsp3) is 0.458. The largest absolute Gasteiger partial charge is 0.494 e. The van der Waals surface area contributed by atoms with Gasteiger partial charge in [-0.15, -0.1) is 5.10 Å². The number of nitrogens with zero attached hydrogens (tertiary/aromatic N) is 5. The summed E-state index contributed by atoms with van der Waals surface area (Å²) in [6.07, 6.45) is 6.17. The molecule has 0 radical (unpaired) electrons. The second-order valence-electron chi connectivity index (χ2n) is 8.80.